The Morgan fingerprint density at radius 3 is 2.18 bits per heavy atom. The van der Waals surface area contributed by atoms with Crippen LogP contribution in [0.5, 0.6) is 11.5 Å². The van der Waals surface area contributed by atoms with E-state index >= 15 is 0 Å². The summed E-state index contributed by atoms with van der Waals surface area (Å²) in [6.07, 6.45) is -3.48. The van der Waals surface area contributed by atoms with E-state index in [1.165, 1.54) is 18.2 Å². The van der Waals surface area contributed by atoms with Crippen molar-refractivity contribution in [1.82, 2.24) is 5.32 Å². The molecular weight excluding hydrogens is 503 g/mol. The molecule has 3 rings (SSSR count). The molecule has 5 nitrogen and oxygen atoms in total. The Kier molecular flexibility index (Phi) is 7.55. The van der Waals surface area contributed by atoms with Gasteiger partial charge in [0.25, 0.3) is 0 Å². The van der Waals surface area contributed by atoms with Gasteiger partial charge in [0, 0.05) is 0 Å². The second-order valence-corrected chi connectivity index (χ2v) is 7.74. The summed E-state index contributed by atoms with van der Waals surface area (Å²) in [5.74, 6) is -0.883. The first kappa shape index (κ1) is 24.1. The topological polar surface area (TPSA) is 75.6 Å². The molecule has 0 spiro atoms. The van der Waals surface area contributed by atoms with E-state index in [0.717, 1.165) is 16.6 Å². The first-order chi connectivity index (χ1) is 15.6. The van der Waals surface area contributed by atoms with Gasteiger partial charge in [-0.05, 0) is 69.5 Å². The molecule has 0 heterocycles. The molecule has 0 aliphatic rings. The second-order valence-electron chi connectivity index (χ2n) is 6.88. The average molecular weight is 520 g/mol. The van der Waals surface area contributed by atoms with Crippen LogP contribution in [-0.4, -0.2) is 17.0 Å². The normalized spacial score (nSPS) is 11.7. The number of hydrogen-bond donors (Lipinski definition) is 2. The average Bonchev–Trinajstić information content (AvgIpc) is 2.76. The smallest absolute Gasteiger partial charge is 0.416 e. The molecule has 0 aliphatic heterocycles. The van der Waals surface area contributed by atoms with E-state index in [9.17, 15) is 27.9 Å². The maximum absolute atomic E-state index is 12.6. The van der Waals surface area contributed by atoms with Crippen LogP contribution >= 0.6 is 15.9 Å². The maximum atomic E-state index is 12.6. The molecule has 0 atom stereocenters. The van der Waals surface area contributed by atoms with Crippen LogP contribution < -0.4 is 10.1 Å². The molecule has 3 aromatic rings. The van der Waals surface area contributed by atoms with Crippen molar-refractivity contribution in [2.45, 2.75) is 12.6 Å². The molecular formula is C24H17BrF3NO4. The summed E-state index contributed by atoms with van der Waals surface area (Å²) in [6.45, 7) is 0. The molecule has 0 saturated carbocycles. The van der Waals surface area contributed by atoms with Crippen molar-refractivity contribution in [1.29, 1.82) is 0 Å². The number of amides is 1. The minimum Gasteiger partial charge on any atom is -0.477 e. The Hall–Kier alpha value is -3.59. The molecule has 0 fully saturated rings. The van der Waals surface area contributed by atoms with Gasteiger partial charge in [-0.2, -0.15) is 13.2 Å². The third-order valence-corrected chi connectivity index (χ3v) is 5.06. The van der Waals surface area contributed by atoms with Gasteiger partial charge in [-0.15, -0.1) is 0 Å². The molecule has 33 heavy (non-hydrogen) atoms. The number of rotatable bonds is 7. The number of nitrogens with one attached hydrogen (secondary N) is 1. The van der Waals surface area contributed by atoms with Crippen molar-refractivity contribution in [2.24, 2.45) is 0 Å². The maximum Gasteiger partial charge on any atom is 0.416 e. The van der Waals surface area contributed by atoms with Crippen molar-refractivity contribution in [3.05, 3.63) is 99.7 Å². The van der Waals surface area contributed by atoms with Crippen LogP contribution in [0.1, 0.15) is 16.7 Å². The monoisotopic (exact) mass is 519 g/mol. The van der Waals surface area contributed by atoms with Crippen molar-refractivity contribution < 1.29 is 32.6 Å². The number of aliphatic carboxylic acids is 1. The van der Waals surface area contributed by atoms with E-state index in [-0.39, 0.29) is 12.1 Å². The van der Waals surface area contributed by atoms with Gasteiger partial charge < -0.3 is 15.2 Å². The predicted molar refractivity (Wildman–Crippen MR) is 120 cm³/mol. The Morgan fingerprint density at radius 2 is 1.61 bits per heavy atom. The quantitative estimate of drug-likeness (QED) is 0.373. The number of carbonyl (C=O) groups excluding carboxylic acids is 1. The van der Waals surface area contributed by atoms with Crippen LogP contribution in [0.3, 0.4) is 0 Å². The standard InChI is InChI=1S/C24H17BrF3NO4/c25-19-3-1-2-4-21(19)33-18-11-7-15(8-12-18)13-20(23(31)32)29-22(30)14-16-5-9-17(10-6-16)24(26,27)28/h1-13H,14H2,(H,29,30)(H,31,32)/b20-13-. The van der Waals surface area contributed by atoms with E-state index in [4.69, 9.17) is 4.74 Å². The largest absolute Gasteiger partial charge is 0.477 e. The highest BCUT2D eigenvalue weighted by atomic mass is 79.9. The molecule has 3 aromatic carbocycles. The van der Waals surface area contributed by atoms with Crippen LogP contribution in [0.25, 0.3) is 6.08 Å². The summed E-state index contributed by atoms with van der Waals surface area (Å²) >= 11 is 3.39. The van der Waals surface area contributed by atoms with Crippen LogP contribution in [0.15, 0.2) is 83.0 Å². The molecule has 9 heteroatoms. The van der Waals surface area contributed by atoms with E-state index < -0.39 is 23.6 Å². The van der Waals surface area contributed by atoms with E-state index in [0.29, 0.717) is 22.6 Å². The Bertz CT molecular complexity index is 1170. The predicted octanol–water partition coefficient (Wildman–Crippen LogP) is 6.04. The van der Waals surface area contributed by atoms with Gasteiger partial charge >= 0.3 is 12.1 Å². The SMILES string of the molecule is O=C(Cc1ccc(C(F)(F)F)cc1)N/C(=C\c1ccc(Oc2ccccc2Br)cc1)C(=O)O. The molecule has 2 N–H and O–H groups in total. The summed E-state index contributed by atoms with van der Waals surface area (Å²) in [5, 5.41) is 11.7. The highest BCUT2D eigenvalue weighted by Gasteiger charge is 2.30. The van der Waals surface area contributed by atoms with E-state index in [2.05, 4.69) is 21.2 Å². The van der Waals surface area contributed by atoms with Crippen molar-refractivity contribution in [3.63, 3.8) is 0 Å². The summed E-state index contributed by atoms with van der Waals surface area (Å²) in [6, 6.07) is 17.9. The zero-order valence-electron chi connectivity index (χ0n) is 16.9. The Labute approximate surface area is 195 Å². The molecule has 0 aliphatic carbocycles. The minimum atomic E-state index is -4.47. The Morgan fingerprint density at radius 1 is 0.970 bits per heavy atom. The third-order valence-electron chi connectivity index (χ3n) is 4.41. The van der Waals surface area contributed by atoms with Crippen LogP contribution in [0, 0.1) is 0 Å². The van der Waals surface area contributed by atoms with Crippen LogP contribution in [0.2, 0.25) is 0 Å². The first-order valence-corrected chi connectivity index (χ1v) is 10.3. The lowest BCUT2D eigenvalue weighted by molar-refractivity contribution is -0.137. The van der Waals surface area contributed by atoms with Gasteiger partial charge in [0.05, 0.1) is 16.5 Å². The highest BCUT2D eigenvalue weighted by molar-refractivity contribution is 9.10. The second kappa shape index (κ2) is 10.4. The number of para-hydroxylation sites is 1. The Balaban J connectivity index is 1.67. The summed E-state index contributed by atoms with van der Waals surface area (Å²) in [5.41, 5.74) is -0.378. The zero-order valence-corrected chi connectivity index (χ0v) is 18.5. The number of benzene rings is 3. The number of carboxylic acids is 1. The van der Waals surface area contributed by atoms with Gasteiger partial charge in [0.1, 0.15) is 17.2 Å². The van der Waals surface area contributed by atoms with Crippen molar-refractivity contribution >= 4 is 33.9 Å². The number of carboxylic acid groups (broad SMARTS) is 1. The van der Waals surface area contributed by atoms with Gasteiger partial charge in [-0.25, -0.2) is 4.79 Å². The molecule has 0 saturated heterocycles. The molecule has 170 valence electrons. The lowest BCUT2D eigenvalue weighted by Crippen LogP contribution is -2.28. The van der Waals surface area contributed by atoms with E-state index in [1.807, 2.05) is 18.2 Å². The molecule has 0 bridgehead atoms. The van der Waals surface area contributed by atoms with Crippen molar-refractivity contribution in [2.75, 3.05) is 0 Å². The van der Waals surface area contributed by atoms with Crippen molar-refractivity contribution in [3.8, 4) is 11.5 Å². The first-order valence-electron chi connectivity index (χ1n) is 9.55. The number of ether oxygens (including phenoxy) is 1. The number of hydrogen-bond acceptors (Lipinski definition) is 3. The van der Waals surface area contributed by atoms with Gasteiger partial charge in [0.15, 0.2) is 0 Å². The zero-order chi connectivity index (χ0) is 24.0. The lowest BCUT2D eigenvalue weighted by Gasteiger charge is -2.09. The number of halogens is 4. The minimum absolute atomic E-state index is 0.276. The lowest BCUT2D eigenvalue weighted by atomic mass is 10.1. The fourth-order valence-electron chi connectivity index (χ4n) is 2.80. The van der Waals surface area contributed by atoms with Crippen LogP contribution in [-0.2, 0) is 22.2 Å². The molecule has 0 radical (unpaired) electrons. The van der Waals surface area contributed by atoms with E-state index in [1.54, 1.807) is 30.3 Å². The fraction of sp³-hybridized carbons (Fsp3) is 0.0833. The highest BCUT2D eigenvalue weighted by Crippen LogP contribution is 2.30. The van der Waals surface area contributed by atoms with Gasteiger partial charge in [0.2, 0.25) is 5.91 Å². The van der Waals surface area contributed by atoms with Gasteiger partial charge in [-0.3, -0.25) is 4.79 Å². The fourth-order valence-corrected chi connectivity index (χ4v) is 3.16. The molecule has 0 aromatic heterocycles. The van der Waals surface area contributed by atoms with Crippen LogP contribution in [0.4, 0.5) is 13.2 Å². The molecule has 0 unspecified atom stereocenters. The number of alkyl halides is 3. The van der Waals surface area contributed by atoms with Gasteiger partial charge in [-0.1, -0.05) is 36.4 Å². The summed E-state index contributed by atoms with van der Waals surface area (Å²) in [7, 11) is 0. The third kappa shape index (κ3) is 6.95. The molecule has 1 amide bonds. The number of carbonyl (C=O) groups is 2. The summed E-state index contributed by atoms with van der Waals surface area (Å²) in [4.78, 5) is 23.8. The summed E-state index contributed by atoms with van der Waals surface area (Å²) < 4.78 is 44.4.